The Morgan fingerprint density at radius 2 is 2.04 bits per heavy atom. The largest absolute Gasteiger partial charge is 0.497 e. The molecule has 1 aromatic heterocycles. The number of nitrogens with zero attached hydrogens (tertiary/aromatic N) is 2. The Morgan fingerprint density at radius 3 is 2.62 bits per heavy atom. The average Bonchev–Trinajstić information content (AvgIpc) is 3.08. The second-order valence-electron chi connectivity index (χ2n) is 5.31. The maximum Gasteiger partial charge on any atom is 0.346 e. The first-order valence-electron chi connectivity index (χ1n) is 7.03. The van der Waals surface area contributed by atoms with Crippen molar-refractivity contribution < 1.29 is 14.3 Å². The van der Waals surface area contributed by atoms with Gasteiger partial charge in [-0.3, -0.25) is 4.79 Å². The van der Waals surface area contributed by atoms with E-state index in [1.807, 2.05) is 11.4 Å². The van der Waals surface area contributed by atoms with Crippen LogP contribution < -0.4 is 10.1 Å². The van der Waals surface area contributed by atoms with Crippen molar-refractivity contribution in [1.29, 1.82) is 0 Å². The molecule has 1 aromatic carbocycles. The summed E-state index contributed by atoms with van der Waals surface area (Å²) in [5.74, 6) is 0.252. The number of halogens is 1. The number of hydrogen-bond donors (Lipinski definition) is 1. The molecule has 1 aliphatic heterocycles. The fraction of sp³-hybridized carbons (Fsp3) is 0.188. The molecule has 1 fully saturated rings. The number of imide groups is 1. The maximum atomic E-state index is 12.7. The third-order valence-corrected chi connectivity index (χ3v) is 5.35. The SMILES string of the molecule is COc1ccc([C@]2(C)NC(=O)N(/N=C\c3cc(Br)cs3)C2=O)cc1. The Labute approximate surface area is 151 Å². The van der Waals surface area contributed by atoms with Gasteiger partial charge >= 0.3 is 6.03 Å². The molecular weight excluding hydrogens is 394 g/mol. The number of carbonyl (C=O) groups is 2. The minimum Gasteiger partial charge on any atom is -0.497 e. The van der Waals surface area contributed by atoms with Gasteiger partial charge in [-0.25, -0.2) is 4.79 Å². The van der Waals surface area contributed by atoms with E-state index < -0.39 is 17.5 Å². The highest BCUT2D eigenvalue weighted by atomic mass is 79.9. The normalized spacial score (nSPS) is 20.7. The number of hydrogen-bond acceptors (Lipinski definition) is 5. The van der Waals surface area contributed by atoms with Gasteiger partial charge in [0, 0.05) is 14.7 Å². The number of benzene rings is 1. The van der Waals surface area contributed by atoms with Crippen LogP contribution in [0.3, 0.4) is 0 Å². The summed E-state index contributed by atoms with van der Waals surface area (Å²) in [5.41, 5.74) is -0.491. The first kappa shape index (κ1) is 16.7. The molecule has 1 saturated heterocycles. The summed E-state index contributed by atoms with van der Waals surface area (Å²) in [7, 11) is 1.57. The van der Waals surface area contributed by atoms with Gasteiger partial charge in [0.1, 0.15) is 11.3 Å². The minimum atomic E-state index is -1.16. The summed E-state index contributed by atoms with van der Waals surface area (Å²) < 4.78 is 6.04. The van der Waals surface area contributed by atoms with Gasteiger partial charge in [-0.05, 0) is 46.6 Å². The zero-order valence-corrected chi connectivity index (χ0v) is 15.3. The number of urea groups is 1. The van der Waals surface area contributed by atoms with E-state index in [0.717, 1.165) is 14.4 Å². The number of thiophene rings is 1. The number of carbonyl (C=O) groups excluding carboxylic acids is 2. The summed E-state index contributed by atoms with van der Waals surface area (Å²) in [4.78, 5) is 25.7. The number of rotatable bonds is 4. The zero-order chi connectivity index (χ0) is 17.3. The minimum absolute atomic E-state index is 0.426. The molecule has 8 heteroatoms. The van der Waals surface area contributed by atoms with Gasteiger partial charge in [-0.15, -0.1) is 16.3 Å². The molecule has 6 nitrogen and oxygen atoms in total. The highest BCUT2D eigenvalue weighted by Crippen LogP contribution is 2.30. The van der Waals surface area contributed by atoms with E-state index in [0.29, 0.717) is 11.3 Å². The summed E-state index contributed by atoms with van der Waals surface area (Å²) in [5, 5.41) is 9.49. The van der Waals surface area contributed by atoms with Crippen molar-refractivity contribution in [2.24, 2.45) is 5.10 Å². The molecule has 1 atom stereocenters. The predicted octanol–water partition coefficient (Wildman–Crippen LogP) is 3.32. The third-order valence-electron chi connectivity index (χ3n) is 3.72. The molecule has 2 aromatic rings. The van der Waals surface area contributed by atoms with E-state index in [4.69, 9.17) is 4.74 Å². The summed E-state index contributed by atoms with van der Waals surface area (Å²) in [6.45, 7) is 1.66. The first-order chi connectivity index (χ1) is 11.4. The Morgan fingerprint density at radius 1 is 1.33 bits per heavy atom. The zero-order valence-electron chi connectivity index (χ0n) is 12.9. The summed E-state index contributed by atoms with van der Waals surface area (Å²) in [6.07, 6.45) is 1.49. The Bertz CT molecular complexity index is 818. The second kappa shape index (κ2) is 6.37. The Hall–Kier alpha value is -2.19. The standard InChI is InChI=1S/C16H14BrN3O3S/c1-16(10-3-5-12(23-2)6-4-10)14(21)20(15(22)19-16)18-8-13-7-11(17)9-24-13/h3-9H,1-2H3,(H,19,22)/b18-8-/t16-/m0/s1. The molecule has 0 bridgehead atoms. The van der Waals surface area contributed by atoms with Crippen molar-refractivity contribution in [3.05, 3.63) is 50.6 Å². The second-order valence-corrected chi connectivity index (χ2v) is 7.17. The molecule has 124 valence electrons. The third kappa shape index (κ3) is 2.94. The highest BCUT2D eigenvalue weighted by molar-refractivity contribution is 9.10. The summed E-state index contributed by atoms with van der Waals surface area (Å²) in [6, 6.07) is 8.30. The lowest BCUT2D eigenvalue weighted by atomic mass is 9.92. The van der Waals surface area contributed by atoms with E-state index >= 15 is 0 Å². The van der Waals surface area contributed by atoms with Gasteiger partial charge < -0.3 is 10.1 Å². The molecule has 0 unspecified atom stereocenters. The van der Waals surface area contributed by atoms with E-state index in [1.54, 1.807) is 38.3 Å². The average molecular weight is 408 g/mol. The molecule has 3 rings (SSSR count). The van der Waals surface area contributed by atoms with Crippen molar-refractivity contribution in [3.8, 4) is 5.75 Å². The molecule has 24 heavy (non-hydrogen) atoms. The lowest BCUT2D eigenvalue weighted by Gasteiger charge is -2.21. The summed E-state index contributed by atoms with van der Waals surface area (Å²) >= 11 is 4.80. The van der Waals surface area contributed by atoms with Gasteiger partial charge in [0.05, 0.1) is 13.3 Å². The predicted molar refractivity (Wildman–Crippen MR) is 95.3 cm³/mol. The molecule has 2 heterocycles. The van der Waals surface area contributed by atoms with E-state index in [-0.39, 0.29) is 0 Å². The monoisotopic (exact) mass is 407 g/mol. The Kier molecular flexibility index (Phi) is 4.42. The maximum absolute atomic E-state index is 12.7. The highest BCUT2D eigenvalue weighted by Gasteiger charge is 2.49. The number of methoxy groups -OCH3 is 1. The number of nitrogens with one attached hydrogen (secondary N) is 1. The number of hydrazone groups is 1. The van der Waals surface area contributed by atoms with Crippen LogP contribution in [0, 0.1) is 0 Å². The van der Waals surface area contributed by atoms with Crippen molar-refractivity contribution in [2.45, 2.75) is 12.5 Å². The van der Waals surface area contributed by atoms with Gasteiger partial charge in [0.15, 0.2) is 0 Å². The van der Waals surface area contributed by atoms with Crippen LogP contribution in [0.1, 0.15) is 17.4 Å². The lowest BCUT2D eigenvalue weighted by molar-refractivity contribution is -0.131. The quantitative estimate of drug-likeness (QED) is 0.623. The van der Waals surface area contributed by atoms with Gasteiger partial charge in [-0.1, -0.05) is 12.1 Å². The molecule has 3 amide bonds. The molecule has 0 aliphatic carbocycles. The van der Waals surface area contributed by atoms with Crippen molar-refractivity contribution in [2.75, 3.05) is 7.11 Å². The molecular formula is C16H14BrN3O3S. The Balaban J connectivity index is 1.85. The number of amides is 3. The van der Waals surface area contributed by atoms with E-state index in [9.17, 15) is 9.59 Å². The van der Waals surface area contributed by atoms with Crippen molar-refractivity contribution in [3.63, 3.8) is 0 Å². The van der Waals surface area contributed by atoms with Crippen LogP contribution in [0.5, 0.6) is 5.75 Å². The van der Waals surface area contributed by atoms with Crippen LogP contribution in [0.15, 0.2) is 45.3 Å². The molecule has 1 N–H and O–H groups in total. The topological polar surface area (TPSA) is 71.0 Å². The fourth-order valence-electron chi connectivity index (χ4n) is 2.36. The van der Waals surface area contributed by atoms with E-state index in [1.165, 1.54) is 17.6 Å². The van der Waals surface area contributed by atoms with Gasteiger partial charge in [0.25, 0.3) is 5.91 Å². The smallest absolute Gasteiger partial charge is 0.346 e. The van der Waals surface area contributed by atoms with Crippen molar-refractivity contribution >= 4 is 45.4 Å². The molecule has 0 spiro atoms. The van der Waals surface area contributed by atoms with Gasteiger partial charge in [-0.2, -0.15) is 5.10 Å². The number of ether oxygens (including phenoxy) is 1. The lowest BCUT2D eigenvalue weighted by Crippen LogP contribution is -2.40. The molecule has 0 radical (unpaired) electrons. The van der Waals surface area contributed by atoms with E-state index in [2.05, 4.69) is 26.3 Å². The van der Waals surface area contributed by atoms with Gasteiger partial charge in [0.2, 0.25) is 0 Å². The van der Waals surface area contributed by atoms with Crippen LogP contribution in [0.2, 0.25) is 0 Å². The molecule has 0 saturated carbocycles. The van der Waals surface area contributed by atoms with Crippen LogP contribution in [-0.2, 0) is 10.3 Å². The fourth-order valence-corrected chi connectivity index (χ4v) is 3.66. The first-order valence-corrected chi connectivity index (χ1v) is 8.70. The van der Waals surface area contributed by atoms with Crippen LogP contribution in [-0.4, -0.2) is 30.3 Å². The van der Waals surface area contributed by atoms with Crippen LogP contribution in [0.4, 0.5) is 4.79 Å². The van der Waals surface area contributed by atoms with Crippen molar-refractivity contribution in [1.82, 2.24) is 10.3 Å². The van der Waals surface area contributed by atoms with Crippen LogP contribution in [0.25, 0.3) is 0 Å². The molecule has 1 aliphatic rings. The van der Waals surface area contributed by atoms with Crippen LogP contribution >= 0.6 is 27.3 Å².